The molecule has 0 aliphatic heterocycles. The molecule has 0 fully saturated rings. The molecular weight excluding hydrogens is 370 g/mol. The van der Waals surface area contributed by atoms with Gasteiger partial charge in [-0.05, 0) is 66.5 Å². The lowest BCUT2D eigenvalue weighted by molar-refractivity contribution is 0.0767. The van der Waals surface area contributed by atoms with Gasteiger partial charge in [0.25, 0.3) is 11.8 Å². The maximum absolute atomic E-state index is 12.5. The van der Waals surface area contributed by atoms with E-state index in [-0.39, 0.29) is 17.5 Å². The molecule has 0 atom stereocenters. The summed E-state index contributed by atoms with van der Waals surface area (Å²) in [5, 5.41) is 2.84. The highest BCUT2D eigenvalue weighted by molar-refractivity contribution is 9.10. The van der Waals surface area contributed by atoms with Gasteiger partial charge in [-0.1, -0.05) is 6.07 Å². The maximum Gasteiger partial charge on any atom is 0.272 e. The van der Waals surface area contributed by atoms with Crippen molar-refractivity contribution in [2.24, 2.45) is 0 Å². The van der Waals surface area contributed by atoms with E-state index in [4.69, 9.17) is 0 Å². The summed E-state index contributed by atoms with van der Waals surface area (Å²) < 4.78 is 0.810. The fourth-order valence-corrected chi connectivity index (χ4v) is 2.87. The first-order valence-electron chi connectivity index (χ1n) is 7.79. The highest BCUT2D eigenvalue weighted by Crippen LogP contribution is 2.24. The number of nitrogens with zero attached hydrogens (tertiary/aromatic N) is 2. The number of hydrogen-bond acceptors (Lipinski definition) is 3. The molecule has 0 aliphatic carbocycles. The summed E-state index contributed by atoms with van der Waals surface area (Å²) in [5.74, 6) is -0.457. The Labute approximate surface area is 150 Å². The van der Waals surface area contributed by atoms with Gasteiger partial charge in [-0.15, -0.1) is 0 Å². The Morgan fingerprint density at radius 2 is 1.88 bits per heavy atom. The summed E-state index contributed by atoms with van der Waals surface area (Å²) in [4.78, 5) is 30.6. The van der Waals surface area contributed by atoms with Crippen LogP contribution in [0.4, 0.5) is 5.69 Å². The van der Waals surface area contributed by atoms with Crippen LogP contribution in [0.1, 0.15) is 40.3 Å². The van der Waals surface area contributed by atoms with Gasteiger partial charge >= 0.3 is 0 Å². The maximum atomic E-state index is 12.5. The summed E-state index contributed by atoms with van der Waals surface area (Å²) in [5.41, 5.74) is 2.44. The fraction of sp³-hybridized carbons (Fsp3) is 0.278. The normalized spacial score (nSPS) is 10.3. The number of halogens is 1. The standard InChI is InChI=1S/C18H20BrN3O2/c1-4-22(5-2)18(24)16-11-13(8-9-20-16)17(23)21-15-7-6-12(3)10-14(15)19/h6-11H,4-5H2,1-3H3,(H,21,23). The number of carbonyl (C=O) groups excluding carboxylic acids is 2. The smallest absolute Gasteiger partial charge is 0.272 e. The van der Waals surface area contributed by atoms with Crippen LogP contribution in [0.3, 0.4) is 0 Å². The molecule has 0 saturated heterocycles. The van der Waals surface area contributed by atoms with E-state index in [0.29, 0.717) is 24.3 Å². The van der Waals surface area contributed by atoms with Gasteiger partial charge in [-0.2, -0.15) is 0 Å². The lowest BCUT2D eigenvalue weighted by Crippen LogP contribution is -2.31. The summed E-state index contributed by atoms with van der Waals surface area (Å²) in [7, 11) is 0. The Bertz CT molecular complexity index is 758. The number of nitrogens with one attached hydrogen (secondary N) is 1. The predicted octanol–water partition coefficient (Wildman–Crippen LogP) is 3.89. The molecular formula is C18H20BrN3O2. The van der Waals surface area contributed by atoms with Crippen molar-refractivity contribution in [3.8, 4) is 0 Å². The Morgan fingerprint density at radius 3 is 2.50 bits per heavy atom. The van der Waals surface area contributed by atoms with E-state index in [1.165, 1.54) is 12.3 Å². The second-order valence-corrected chi connectivity index (χ2v) is 6.20. The Morgan fingerprint density at radius 1 is 1.17 bits per heavy atom. The van der Waals surface area contributed by atoms with Crippen LogP contribution in [-0.2, 0) is 0 Å². The molecule has 1 aromatic carbocycles. The summed E-state index contributed by atoms with van der Waals surface area (Å²) in [6.07, 6.45) is 1.48. The molecule has 126 valence electrons. The minimum atomic E-state index is -0.282. The number of aromatic nitrogens is 1. The zero-order valence-electron chi connectivity index (χ0n) is 14.0. The molecule has 0 spiro atoms. The van der Waals surface area contributed by atoms with Gasteiger partial charge < -0.3 is 10.2 Å². The average molecular weight is 390 g/mol. The first-order chi connectivity index (χ1) is 11.5. The lowest BCUT2D eigenvalue weighted by atomic mass is 10.2. The molecule has 0 unspecified atom stereocenters. The summed E-state index contributed by atoms with van der Waals surface area (Å²) >= 11 is 3.44. The largest absolute Gasteiger partial charge is 0.338 e. The number of anilines is 1. The second-order valence-electron chi connectivity index (χ2n) is 5.34. The summed E-state index contributed by atoms with van der Waals surface area (Å²) in [6.45, 7) is 7.00. The quantitative estimate of drug-likeness (QED) is 0.843. The van der Waals surface area contributed by atoms with Gasteiger partial charge in [0, 0.05) is 29.3 Å². The van der Waals surface area contributed by atoms with Crippen LogP contribution in [0.5, 0.6) is 0 Å². The van der Waals surface area contributed by atoms with Crippen molar-refractivity contribution >= 4 is 33.4 Å². The highest BCUT2D eigenvalue weighted by Gasteiger charge is 2.16. The third-order valence-electron chi connectivity index (χ3n) is 3.66. The van der Waals surface area contributed by atoms with Crippen LogP contribution in [0.15, 0.2) is 41.0 Å². The molecule has 2 rings (SSSR count). The van der Waals surface area contributed by atoms with E-state index < -0.39 is 0 Å². The molecule has 0 radical (unpaired) electrons. The predicted molar refractivity (Wildman–Crippen MR) is 98.3 cm³/mol. The van der Waals surface area contributed by atoms with Crippen LogP contribution in [0.2, 0.25) is 0 Å². The van der Waals surface area contributed by atoms with Crippen LogP contribution in [-0.4, -0.2) is 34.8 Å². The van der Waals surface area contributed by atoms with Crippen molar-refractivity contribution < 1.29 is 9.59 Å². The number of aryl methyl sites for hydroxylation is 1. The zero-order valence-corrected chi connectivity index (χ0v) is 15.6. The van der Waals surface area contributed by atoms with E-state index >= 15 is 0 Å². The minimum Gasteiger partial charge on any atom is -0.338 e. The molecule has 1 aromatic heterocycles. The van der Waals surface area contributed by atoms with E-state index in [2.05, 4.69) is 26.2 Å². The molecule has 0 aliphatic rings. The van der Waals surface area contributed by atoms with Gasteiger partial charge in [0.05, 0.1) is 5.69 Å². The average Bonchev–Trinajstić information content (AvgIpc) is 2.58. The Kier molecular flexibility index (Phi) is 6.09. The molecule has 5 nitrogen and oxygen atoms in total. The Balaban J connectivity index is 2.21. The van der Waals surface area contributed by atoms with Crippen molar-refractivity contribution in [1.82, 2.24) is 9.88 Å². The number of hydrogen-bond donors (Lipinski definition) is 1. The van der Waals surface area contributed by atoms with Crippen molar-refractivity contribution in [3.63, 3.8) is 0 Å². The number of carbonyl (C=O) groups is 2. The van der Waals surface area contributed by atoms with Crippen molar-refractivity contribution in [2.75, 3.05) is 18.4 Å². The van der Waals surface area contributed by atoms with Gasteiger partial charge in [0.1, 0.15) is 5.69 Å². The van der Waals surface area contributed by atoms with Crippen molar-refractivity contribution in [3.05, 3.63) is 57.8 Å². The number of benzene rings is 1. The van der Waals surface area contributed by atoms with Gasteiger partial charge in [0.15, 0.2) is 0 Å². The number of pyridine rings is 1. The zero-order chi connectivity index (χ0) is 17.7. The topological polar surface area (TPSA) is 62.3 Å². The second kappa shape index (κ2) is 8.06. The van der Waals surface area contributed by atoms with Crippen LogP contribution < -0.4 is 5.32 Å². The molecule has 2 aromatic rings. The van der Waals surface area contributed by atoms with E-state index in [9.17, 15) is 9.59 Å². The van der Waals surface area contributed by atoms with Gasteiger partial charge in [-0.25, -0.2) is 0 Å². The lowest BCUT2D eigenvalue weighted by Gasteiger charge is -2.18. The van der Waals surface area contributed by atoms with Crippen LogP contribution in [0, 0.1) is 6.92 Å². The number of amides is 2. The molecule has 2 amide bonds. The first-order valence-corrected chi connectivity index (χ1v) is 8.58. The third kappa shape index (κ3) is 4.20. The minimum absolute atomic E-state index is 0.175. The fourth-order valence-electron chi connectivity index (χ4n) is 2.28. The molecule has 1 heterocycles. The molecule has 24 heavy (non-hydrogen) atoms. The molecule has 6 heteroatoms. The monoisotopic (exact) mass is 389 g/mol. The van der Waals surface area contributed by atoms with Crippen molar-refractivity contribution in [2.45, 2.75) is 20.8 Å². The third-order valence-corrected chi connectivity index (χ3v) is 4.32. The molecule has 1 N–H and O–H groups in total. The van der Waals surface area contributed by atoms with Gasteiger partial charge in [0.2, 0.25) is 0 Å². The highest BCUT2D eigenvalue weighted by atomic mass is 79.9. The van der Waals surface area contributed by atoms with E-state index in [1.807, 2.05) is 39.0 Å². The molecule has 0 saturated carbocycles. The van der Waals surface area contributed by atoms with Crippen LogP contribution >= 0.6 is 15.9 Å². The van der Waals surface area contributed by atoms with E-state index in [1.54, 1.807) is 11.0 Å². The van der Waals surface area contributed by atoms with E-state index in [0.717, 1.165) is 10.0 Å². The van der Waals surface area contributed by atoms with Gasteiger partial charge in [-0.3, -0.25) is 14.6 Å². The Hall–Kier alpha value is -2.21. The first kappa shape index (κ1) is 18.1. The SMILES string of the molecule is CCN(CC)C(=O)c1cc(C(=O)Nc2ccc(C)cc2Br)ccn1. The van der Waals surface area contributed by atoms with Crippen LogP contribution in [0.25, 0.3) is 0 Å². The van der Waals surface area contributed by atoms with Crippen molar-refractivity contribution in [1.29, 1.82) is 0 Å². The number of rotatable bonds is 5. The summed E-state index contributed by atoms with van der Waals surface area (Å²) in [6, 6.07) is 8.80. The molecule has 0 bridgehead atoms.